The highest BCUT2D eigenvalue weighted by atomic mass is 16.6. The number of ether oxygens (including phenoxy) is 1. The molecule has 0 aromatic heterocycles. The van der Waals surface area contributed by atoms with Crippen molar-refractivity contribution in [3.8, 4) is 0 Å². The highest BCUT2D eigenvalue weighted by molar-refractivity contribution is 5.67. The zero-order chi connectivity index (χ0) is 12.6. The summed E-state index contributed by atoms with van der Waals surface area (Å²) in [5.74, 6) is 0.799. The molecule has 0 radical (unpaired) electrons. The Morgan fingerprint density at radius 2 is 1.88 bits per heavy atom. The van der Waals surface area contributed by atoms with E-state index in [0.29, 0.717) is 0 Å². The van der Waals surface area contributed by atoms with Crippen molar-refractivity contribution < 1.29 is 9.53 Å². The molecule has 3 nitrogen and oxygen atoms in total. The van der Waals surface area contributed by atoms with Gasteiger partial charge in [0.1, 0.15) is 0 Å². The average molecular weight is 229 g/mol. The van der Waals surface area contributed by atoms with Crippen molar-refractivity contribution in [3.05, 3.63) is 0 Å². The van der Waals surface area contributed by atoms with Gasteiger partial charge in [0.25, 0.3) is 0 Å². The molecule has 0 aromatic rings. The van der Waals surface area contributed by atoms with E-state index in [-0.39, 0.29) is 12.2 Å². The van der Waals surface area contributed by atoms with Crippen LogP contribution in [0.5, 0.6) is 0 Å². The molecule has 1 atom stereocenters. The van der Waals surface area contributed by atoms with E-state index in [4.69, 9.17) is 4.74 Å². The Morgan fingerprint density at radius 1 is 1.25 bits per heavy atom. The average Bonchev–Trinajstić information content (AvgIpc) is 2.22. The molecule has 1 amide bonds. The summed E-state index contributed by atoms with van der Waals surface area (Å²) in [5.41, 5.74) is 0. The van der Waals surface area contributed by atoms with E-state index in [1.54, 1.807) is 11.9 Å². The Labute approximate surface area is 100 Å². The van der Waals surface area contributed by atoms with Crippen molar-refractivity contribution in [1.29, 1.82) is 0 Å². The van der Waals surface area contributed by atoms with Gasteiger partial charge in [-0.15, -0.1) is 0 Å². The quantitative estimate of drug-likeness (QED) is 0.623. The third-order valence-electron chi connectivity index (χ3n) is 2.79. The maximum absolute atomic E-state index is 11.4. The number of unbranched alkanes of at least 4 members (excludes halogenated alkanes) is 1. The van der Waals surface area contributed by atoms with Gasteiger partial charge >= 0.3 is 6.09 Å². The summed E-state index contributed by atoms with van der Waals surface area (Å²) in [4.78, 5) is 13.1. The number of hydrogen-bond donors (Lipinski definition) is 0. The second-order valence-electron chi connectivity index (χ2n) is 4.86. The lowest BCUT2D eigenvalue weighted by atomic mass is 10.0. The smallest absolute Gasteiger partial charge is 0.409 e. The molecule has 0 heterocycles. The molecule has 0 aliphatic heterocycles. The molecule has 0 saturated heterocycles. The summed E-state index contributed by atoms with van der Waals surface area (Å²) in [6, 6.07) is 0. The van der Waals surface area contributed by atoms with E-state index in [0.717, 1.165) is 18.9 Å². The molecule has 0 rings (SSSR count). The first kappa shape index (κ1) is 15.3. The monoisotopic (exact) mass is 229 g/mol. The van der Waals surface area contributed by atoms with Gasteiger partial charge in [-0.3, -0.25) is 0 Å². The molecule has 0 aliphatic rings. The van der Waals surface area contributed by atoms with Crippen LogP contribution in [0.1, 0.15) is 53.4 Å². The molecule has 0 fully saturated rings. The van der Waals surface area contributed by atoms with Crippen molar-refractivity contribution >= 4 is 6.09 Å². The van der Waals surface area contributed by atoms with Crippen LogP contribution in [0, 0.1) is 5.92 Å². The Bertz CT molecular complexity index is 192. The standard InChI is InChI=1S/C13H27NO2/c1-6-12(4)9-7-8-10-14(5)13(15)16-11(2)3/h11-12H,6-10H2,1-5H3. The summed E-state index contributed by atoms with van der Waals surface area (Å²) >= 11 is 0. The molecule has 1 unspecified atom stereocenters. The third-order valence-corrected chi connectivity index (χ3v) is 2.79. The summed E-state index contributed by atoms with van der Waals surface area (Å²) in [7, 11) is 1.80. The van der Waals surface area contributed by atoms with Gasteiger partial charge in [0, 0.05) is 13.6 Å². The van der Waals surface area contributed by atoms with Crippen LogP contribution in [0.15, 0.2) is 0 Å². The molecule has 0 spiro atoms. The number of amides is 1. The summed E-state index contributed by atoms with van der Waals surface area (Å²) in [6.45, 7) is 9.03. The number of carbonyl (C=O) groups is 1. The number of hydrogen-bond acceptors (Lipinski definition) is 2. The van der Waals surface area contributed by atoms with E-state index in [1.807, 2.05) is 13.8 Å². The van der Waals surface area contributed by atoms with Crippen LogP contribution in [0.3, 0.4) is 0 Å². The van der Waals surface area contributed by atoms with Gasteiger partial charge < -0.3 is 9.64 Å². The zero-order valence-corrected chi connectivity index (χ0v) is 11.5. The first-order chi connectivity index (χ1) is 7.47. The molecule has 16 heavy (non-hydrogen) atoms. The summed E-state index contributed by atoms with van der Waals surface area (Å²) in [6.07, 6.45) is 4.51. The molecule has 0 N–H and O–H groups in total. The van der Waals surface area contributed by atoms with E-state index in [2.05, 4.69) is 13.8 Å². The van der Waals surface area contributed by atoms with Gasteiger partial charge in [0.2, 0.25) is 0 Å². The fourth-order valence-corrected chi connectivity index (χ4v) is 1.43. The summed E-state index contributed by atoms with van der Waals surface area (Å²) in [5, 5.41) is 0. The molecule has 0 saturated carbocycles. The minimum Gasteiger partial charge on any atom is -0.447 e. The van der Waals surface area contributed by atoms with Crippen LogP contribution >= 0.6 is 0 Å². The Kier molecular flexibility index (Phi) is 8.04. The maximum Gasteiger partial charge on any atom is 0.409 e. The normalized spacial score (nSPS) is 12.6. The van der Waals surface area contributed by atoms with Crippen LogP contribution in [-0.2, 0) is 4.74 Å². The Morgan fingerprint density at radius 3 is 2.38 bits per heavy atom. The second-order valence-corrected chi connectivity index (χ2v) is 4.86. The van der Waals surface area contributed by atoms with Gasteiger partial charge in [0.15, 0.2) is 0 Å². The maximum atomic E-state index is 11.4. The molecular weight excluding hydrogens is 202 g/mol. The number of rotatable bonds is 7. The first-order valence-electron chi connectivity index (χ1n) is 6.39. The Balaban J connectivity index is 3.57. The van der Waals surface area contributed by atoms with Crippen molar-refractivity contribution in [2.24, 2.45) is 5.92 Å². The van der Waals surface area contributed by atoms with Crippen molar-refractivity contribution in [1.82, 2.24) is 4.90 Å². The minimum atomic E-state index is -0.210. The van der Waals surface area contributed by atoms with Crippen LogP contribution < -0.4 is 0 Å². The lowest BCUT2D eigenvalue weighted by Gasteiger charge is -2.18. The van der Waals surface area contributed by atoms with E-state index in [1.165, 1.54) is 19.3 Å². The predicted molar refractivity (Wildman–Crippen MR) is 67.6 cm³/mol. The van der Waals surface area contributed by atoms with Crippen molar-refractivity contribution in [3.63, 3.8) is 0 Å². The van der Waals surface area contributed by atoms with Gasteiger partial charge in [-0.25, -0.2) is 4.79 Å². The minimum absolute atomic E-state index is 0.0323. The third kappa shape index (κ3) is 7.55. The van der Waals surface area contributed by atoms with E-state index < -0.39 is 0 Å². The van der Waals surface area contributed by atoms with E-state index in [9.17, 15) is 4.79 Å². The predicted octanol–water partition coefficient (Wildman–Crippen LogP) is 3.68. The van der Waals surface area contributed by atoms with Crippen molar-refractivity contribution in [2.75, 3.05) is 13.6 Å². The molecule has 3 heteroatoms. The lowest BCUT2D eigenvalue weighted by molar-refractivity contribution is 0.0835. The fraction of sp³-hybridized carbons (Fsp3) is 0.923. The molecule has 0 aromatic carbocycles. The highest BCUT2D eigenvalue weighted by Gasteiger charge is 2.10. The van der Waals surface area contributed by atoms with Gasteiger partial charge in [-0.1, -0.05) is 33.1 Å². The first-order valence-corrected chi connectivity index (χ1v) is 6.39. The zero-order valence-electron chi connectivity index (χ0n) is 11.5. The van der Waals surface area contributed by atoms with Gasteiger partial charge in [0.05, 0.1) is 6.10 Å². The second kappa shape index (κ2) is 8.43. The number of nitrogens with zero attached hydrogens (tertiary/aromatic N) is 1. The topological polar surface area (TPSA) is 29.5 Å². The van der Waals surface area contributed by atoms with E-state index >= 15 is 0 Å². The molecule has 96 valence electrons. The van der Waals surface area contributed by atoms with Gasteiger partial charge in [-0.05, 0) is 26.2 Å². The fourth-order valence-electron chi connectivity index (χ4n) is 1.43. The van der Waals surface area contributed by atoms with Crippen molar-refractivity contribution in [2.45, 2.75) is 59.5 Å². The lowest BCUT2D eigenvalue weighted by Crippen LogP contribution is -2.30. The molecular formula is C13H27NO2. The molecule has 0 aliphatic carbocycles. The largest absolute Gasteiger partial charge is 0.447 e. The van der Waals surface area contributed by atoms with Gasteiger partial charge in [-0.2, -0.15) is 0 Å². The van der Waals surface area contributed by atoms with Crippen LogP contribution in [0.2, 0.25) is 0 Å². The summed E-state index contributed by atoms with van der Waals surface area (Å²) < 4.78 is 5.10. The number of carbonyl (C=O) groups excluding carboxylic acids is 1. The van der Waals surface area contributed by atoms with Crippen LogP contribution in [0.4, 0.5) is 4.79 Å². The SMILES string of the molecule is CCC(C)CCCCN(C)C(=O)OC(C)C. The molecule has 0 bridgehead atoms. The highest BCUT2D eigenvalue weighted by Crippen LogP contribution is 2.11. The van der Waals surface area contributed by atoms with Crippen LogP contribution in [0.25, 0.3) is 0 Å². The van der Waals surface area contributed by atoms with Crippen LogP contribution in [-0.4, -0.2) is 30.7 Å². The Hall–Kier alpha value is -0.730.